The summed E-state index contributed by atoms with van der Waals surface area (Å²) in [5, 5.41) is 11.9. The summed E-state index contributed by atoms with van der Waals surface area (Å²) in [6.45, 7) is 3.69. The van der Waals surface area contributed by atoms with Gasteiger partial charge in [0.1, 0.15) is 17.6 Å². The summed E-state index contributed by atoms with van der Waals surface area (Å²) in [7, 11) is 0. The van der Waals surface area contributed by atoms with Crippen LogP contribution in [0.1, 0.15) is 48.7 Å². The molecule has 1 saturated heterocycles. The molecule has 1 aromatic carbocycles. The average molecular weight is 399 g/mol. The van der Waals surface area contributed by atoms with Crippen LogP contribution in [0.15, 0.2) is 24.3 Å². The average Bonchev–Trinajstić information content (AvgIpc) is 3.52. The highest BCUT2D eigenvalue weighted by Crippen LogP contribution is 2.30. The number of carbonyl (C=O) groups is 1. The van der Waals surface area contributed by atoms with Crippen molar-refractivity contribution < 1.29 is 13.9 Å². The van der Waals surface area contributed by atoms with E-state index in [1.807, 2.05) is 4.68 Å². The second-order valence-corrected chi connectivity index (χ2v) is 8.35. The molecule has 3 heterocycles. The molecule has 1 amide bonds. The third-order valence-corrected chi connectivity index (χ3v) is 6.18. The van der Waals surface area contributed by atoms with Gasteiger partial charge in [-0.2, -0.15) is 0 Å². The number of likely N-dealkylation sites (tertiary alicyclic amines) is 1. The SMILES string of the molecule is O=C(NC1CCN(Cc2nnn3c2COC(c2ccc(F)cc2)C3)CC1)C1CC1. The van der Waals surface area contributed by atoms with Gasteiger partial charge in [-0.15, -0.1) is 5.10 Å². The number of rotatable bonds is 5. The molecular formula is C21H26FN5O2. The van der Waals surface area contributed by atoms with Crippen molar-refractivity contribution in [3.63, 3.8) is 0 Å². The van der Waals surface area contributed by atoms with Gasteiger partial charge in [-0.3, -0.25) is 9.69 Å². The molecule has 29 heavy (non-hydrogen) atoms. The Morgan fingerprint density at radius 2 is 1.93 bits per heavy atom. The molecule has 1 aromatic heterocycles. The smallest absolute Gasteiger partial charge is 0.223 e. The number of hydrogen-bond acceptors (Lipinski definition) is 5. The van der Waals surface area contributed by atoms with Crippen LogP contribution in [0.4, 0.5) is 4.39 Å². The van der Waals surface area contributed by atoms with Crippen LogP contribution in [-0.4, -0.2) is 44.9 Å². The van der Waals surface area contributed by atoms with E-state index in [4.69, 9.17) is 4.74 Å². The van der Waals surface area contributed by atoms with Crippen LogP contribution in [0, 0.1) is 11.7 Å². The van der Waals surface area contributed by atoms with Gasteiger partial charge < -0.3 is 10.1 Å². The second kappa shape index (κ2) is 7.84. The Labute approximate surface area is 169 Å². The van der Waals surface area contributed by atoms with Crippen molar-refractivity contribution in [1.82, 2.24) is 25.2 Å². The number of carbonyl (C=O) groups excluding carboxylic acids is 1. The Morgan fingerprint density at radius 3 is 2.66 bits per heavy atom. The Morgan fingerprint density at radius 1 is 1.17 bits per heavy atom. The van der Waals surface area contributed by atoms with Crippen molar-refractivity contribution in [3.8, 4) is 0 Å². The molecule has 1 atom stereocenters. The number of fused-ring (bicyclic) bond motifs is 1. The minimum atomic E-state index is -0.246. The lowest BCUT2D eigenvalue weighted by Crippen LogP contribution is -2.44. The van der Waals surface area contributed by atoms with Gasteiger partial charge in [0.15, 0.2) is 0 Å². The van der Waals surface area contributed by atoms with Crippen LogP contribution in [-0.2, 0) is 29.2 Å². The maximum atomic E-state index is 13.1. The normalized spacial score (nSPS) is 23.0. The van der Waals surface area contributed by atoms with E-state index in [1.165, 1.54) is 12.1 Å². The predicted molar refractivity (Wildman–Crippen MR) is 103 cm³/mol. The van der Waals surface area contributed by atoms with Gasteiger partial charge >= 0.3 is 0 Å². The largest absolute Gasteiger partial charge is 0.365 e. The van der Waals surface area contributed by atoms with Gasteiger partial charge in [-0.05, 0) is 43.4 Å². The second-order valence-electron chi connectivity index (χ2n) is 8.35. The van der Waals surface area contributed by atoms with E-state index in [-0.39, 0.29) is 23.7 Å². The molecule has 8 heteroatoms. The lowest BCUT2D eigenvalue weighted by molar-refractivity contribution is -0.123. The lowest BCUT2D eigenvalue weighted by Gasteiger charge is -2.32. The molecule has 1 N–H and O–H groups in total. The van der Waals surface area contributed by atoms with Crippen molar-refractivity contribution in [1.29, 1.82) is 0 Å². The van der Waals surface area contributed by atoms with E-state index in [1.54, 1.807) is 12.1 Å². The summed E-state index contributed by atoms with van der Waals surface area (Å²) in [6.07, 6.45) is 3.92. The van der Waals surface area contributed by atoms with Gasteiger partial charge in [0, 0.05) is 31.6 Å². The molecule has 1 saturated carbocycles. The van der Waals surface area contributed by atoms with Crippen molar-refractivity contribution in [2.45, 2.75) is 57.5 Å². The number of ether oxygens (including phenoxy) is 1. The molecule has 5 rings (SSSR count). The van der Waals surface area contributed by atoms with E-state index in [0.717, 1.165) is 62.3 Å². The number of halogens is 1. The molecule has 154 valence electrons. The molecular weight excluding hydrogens is 373 g/mol. The monoisotopic (exact) mass is 399 g/mol. The van der Waals surface area contributed by atoms with Gasteiger partial charge in [-0.25, -0.2) is 9.07 Å². The fourth-order valence-electron chi connectivity index (χ4n) is 4.18. The zero-order valence-corrected chi connectivity index (χ0v) is 16.4. The minimum absolute atomic E-state index is 0.136. The molecule has 1 aliphatic carbocycles. The highest BCUT2D eigenvalue weighted by atomic mass is 19.1. The molecule has 2 aromatic rings. The van der Waals surface area contributed by atoms with Crippen molar-refractivity contribution in [3.05, 3.63) is 47.0 Å². The fourth-order valence-corrected chi connectivity index (χ4v) is 4.18. The lowest BCUT2D eigenvalue weighted by atomic mass is 10.0. The standard InChI is InChI=1S/C21H26FN5O2/c22-16-5-3-14(4-6-16)20-12-27-19(13-29-20)18(24-25-27)11-26-9-7-17(8-10-26)23-21(28)15-1-2-15/h3-6,15,17,20H,1-2,7-13H2,(H,23,28). The number of piperidine rings is 1. The highest BCUT2D eigenvalue weighted by molar-refractivity contribution is 5.81. The van der Waals surface area contributed by atoms with E-state index in [2.05, 4.69) is 20.5 Å². The van der Waals surface area contributed by atoms with Crippen LogP contribution in [0.2, 0.25) is 0 Å². The van der Waals surface area contributed by atoms with Gasteiger partial charge in [0.2, 0.25) is 5.91 Å². The Hall–Kier alpha value is -2.32. The van der Waals surface area contributed by atoms with Gasteiger partial charge in [-0.1, -0.05) is 17.3 Å². The van der Waals surface area contributed by atoms with Crippen LogP contribution < -0.4 is 5.32 Å². The Bertz CT molecular complexity index is 872. The number of hydrogen-bond donors (Lipinski definition) is 1. The number of amides is 1. The predicted octanol–water partition coefficient (Wildman–Crippen LogP) is 2.18. The summed E-state index contributed by atoms with van der Waals surface area (Å²) >= 11 is 0. The zero-order valence-electron chi connectivity index (χ0n) is 16.4. The molecule has 0 bridgehead atoms. The summed E-state index contributed by atoms with van der Waals surface area (Å²) in [5.41, 5.74) is 2.93. The highest BCUT2D eigenvalue weighted by Gasteiger charge is 2.32. The molecule has 2 fully saturated rings. The first-order chi connectivity index (χ1) is 14.2. The van der Waals surface area contributed by atoms with Gasteiger partial charge in [0.25, 0.3) is 0 Å². The minimum Gasteiger partial charge on any atom is -0.365 e. The maximum Gasteiger partial charge on any atom is 0.223 e. The van der Waals surface area contributed by atoms with Crippen LogP contribution >= 0.6 is 0 Å². The first kappa shape index (κ1) is 18.7. The van der Waals surface area contributed by atoms with Crippen molar-refractivity contribution in [2.24, 2.45) is 5.92 Å². The summed E-state index contributed by atoms with van der Waals surface area (Å²) in [6, 6.07) is 6.73. The van der Waals surface area contributed by atoms with Gasteiger partial charge in [0.05, 0.1) is 18.8 Å². The topological polar surface area (TPSA) is 72.3 Å². The van der Waals surface area contributed by atoms with Crippen LogP contribution in [0.3, 0.4) is 0 Å². The first-order valence-corrected chi connectivity index (χ1v) is 10.5. The number of benzene rings is 1. The molecule has 0 spiro atoms. The van der Waals surface area contributed by atoms with Crippen LogP contribution in [0.25, 0.3) is 0 Å². The van der Waals surface area contributed by atoms with E-state index in [0.29, 0.717) is 19.2 Å². The number of nitrogens with one attached hydrogen (secondary N) is 1. The first-order valence-electron chi connectivity index (χ1n) is 10.5. The van der Waals surface area contributed by atoms with Crippen molar-refractivity contribution in [2.75, 3.05) is 13.1 Å². The molecule has 7 nitrogen and oxygen atoms in total. The quantitative estimate of drug-likeness (QED) is 0.834. The van der Waals surface area contributed by atoms with E-state index < -0.39 is 0 Å². The molecule has 1 unspecified atom stereocenters. The van der Waals surface area contributed by atoms with E-state index >= 15 is 0 Å². The summed E-state index contributed by atoms with van der Waals surface area (Å²) in [4.78, 5) is 14.3. The van der Waals surface area contributed by atoms with Crippen LogP contribution in [0.5, 0.6) is 0 Å². The Balaban J connectivity index is 1.16. The van der Waals surface area contributed by atoms with E-state index in [9.17, 15) is 9.18 Å². The maximum absolute atomic E-state index is 13.1. The molecule has 3 aliphatic rings. The molecule has 0 radical (unpaired) electrons. The Kier molecular flexibility index (Phi) is 5.05. The number of aromatic nitrogens is 3. The third-order valence-electron chi connectivity index (χ3n) is 6.18. The van der Waals surface area contributed by atoms with Crippen molar-refractivity contribution >= 4 is 5.91 Å². The molecule has 2 aliphatic heterocycles. The third kappa shape index (κ3) is 4.18. The summed E-state index contributed by atoms with van der Waals surface area (Å²) in [5.74, 6) is 0.266. The zero-order chi connectivity index (χ0) is 19.8. The summed E-state index contributed by atoms with van der Waals surface area (Å²) < 4.78 is 21.1. The fraction of sp³-hybridized carbons (Fsp3) is 0.571. The number of nitrogens with zero attached hydrogens (tertiary/aromatic N) is 4.